The highest BCUT2D eigenvalue weighted by atomic mass is 127. The van der Waals surface area contributed by atoms with E-state index in [9.17, 15) is 14.9 Å². The molecule has 2 aromatic carbocycles. The Morgan fingerprint density at radius 1 is 1.33 bits per heavy atom. The van der Waals surface area contributed by atoms with Crippen LogP contribution in [0.1, 0.15) is 0 Å². The molecule has 0 aliphatic carbocycles. The molecule has 138 valence electrons. The monoisotopic (exact) mass is 497 g/mol. The molecule has 3 rings (SSSR count). The first-order valence-corrected chi connectivity index (χ1v) is 9.20. The van der Waals surface area contributed by atoms with Gasteiger partial charge in [0, 0.05) is 36.5 Å². The number of amides is 1. The van der Waals surface area contributed by atoms with E-state index in [-0.39, 0.29) is 18.2 Å². The van der Waals surface area contributed by atoms with Crippen LogP contribution in [-0.2, 0) is 4.79 Å². The van der Waals surface area contributed by atoms with Crippen LogP contribution >= 0.6 is 34.2 Å². The van der Waals surface area contributed by atoms with E-state index in [0.717, 1.165) is 8.96 Å². The van der Waals surface area contributed by atoms with E-state index in [1.165, 1.54) is 29.2 Å². The Hall–Kier alpha value is -2.46. The molecule has 0 fully saturated rings. The molecule has 3 aromatic rings. The number of rotatable bonds is 5. The summed E-state index contributed by atoms with van der Waals surface area (Å²) in [6.07, 6.45) is 1.63. The number of nitro benzene ring substituents is 1. The van der Waals surface area contributed by atoms with Crippen LogP contribution < -0.4 is 9.64 Å². The molecule has 0 bridgehead atoms. The van der Waals surface area contributed by atoms with Gasteiger partial charge in [-0.1, -0.05) is 11.6 Å². The quantitative estimate of drug-likeness (QED) is 0.295. The maximum Gasteiger partial charge on any atom is 0.269 e. The van der Waals surface area contributed by atoms with Gasteiger partial charge < -0.3 is 9.64 Å². The van der Waals surface area contributed by atoms with Gasteiger partial charge in [0.25, 0.3) is 11.6 Å². The van der Waals surface area contributed by atoms with Gasteiger partial charge in [-0.05, 0) is 52.9 Å². The second kappa shape index (κ2) is 8.05. The highest BCUT2D eigenvalue weighted by Gasteiger charge is 2.17. The van der Waals surface area contributed by atoms with E-state index in [1.54, 1.807) is 25.4 Å². The first kappa shape index (κ1) is 19.3. The van der Waals surface area contributed by atoms with Crippen LogP contribution in [0.25, 0.3) is 10.9 Å². The third kappa shape index (κ3) is 4.11. The van der Waals surface area contributed by atoms with Gasteiger partial charge >= 0.3 is 0 Å². The van der Waals surface area contributed by atoms with E-state index in [0.29, 0.717) is 22.0 Å². The standard InChI is InChI=1S/C18H13ClIN3O4/c1-22(11-4-6-12(7-5-11)23(25)26)16(24)10-27-18-15(20)9-14(19)13-3-2-8-21-17(13)18/h2-9H,10H2,1H3. The first-order valence-electron chi connectivity index (χ1n) is 7.75. The van der Waals surface area contributed by atoms with Gasteiger partial charge in [0.05, 0.1) is 13.5 Å². The molecule has 27 heavy (non-hydrogen) atoms. The van der Waals surface area contributed by atoms with Gasteiger partial charge in [-0.15, -0.1) is 0 Å². The molecule has 0 aliphatic rings. The van der Waals surface area contributed by atoms with Crippen molar-refractivity contribution in [3.63, 3.8) is 0 Å². The van der Waals surface area contributed by atoms with E-state index in [1.807, 2.05) is 6.07 Å². The van der Waals surface area contributed by atoms with E-state index < -0.39 is 4.92 Å². The number of halogens is 2. The molecule has 0 unspecified atom stereocenters. The van der Waals surface area contributed by atoms with Crippen molar-refractivity contribution < 1.29 is 14.5 Å². The number of carbonyl (C=O) groups excluding carboxylic acids is 1. The van der Waals surface area contributed by atoms with Crippen molar-refractivity contribution in [1.29, 1.82) is 0 Å². The summed E-state index contributed by atoms with van der Waals surface area (Å²) in [5.74, 6) is 0.180. The zero-order valence-corrected chi connectivity index (χ0v) is 17.0. The third-order valence-corrected chi connectivity index (χ3v) is 5.03. The second-order valence-corrected chi connectivity index (χ2v) is 7.15. The molecule has 1 heterocycles. The summed E-state index contributed by atoms with van der Waals surface area (Å²) < 4.78 is 6.49. The average Bonchev–Trinajstić information content (AvgIpc) is 2.67. The summed E-state index contributed by atoms with van der Waals surface area (Å²) >= 11 is 8.32. The number of carbonyl (C=O) groups is 1. The fraction of sp³-hybridized carbons (Fsp3) is 0.111. The Balaban J connectivity index is 1.77. The van der Waals surface area contributed by atoms with Crippen LogP contribution in [0.3, 0.4) is 0 Å². The van der Waals surface area contributed by atoms with E-state index in [2.05, 4.69) is 27.6 Å². The number of hydrogen-bond donors (Lipinski definition) is 0. The topological polar surface area (TPSA) is 85.6 Å². The van der Waals surface area contributed by atoms with Crippen molar-refractivity contribution in [3.05, 3.63) is 67.4 Å². The number of fused-ring (bicyclic) bond motifs is 1. The highest BCUT2D eigenvalue weighted by molar-refractivity contribution is 14.1. The Labute approximate surface area is 173 Å². The fourth-order valence-corrected chi connectivity index (χ4v) is 3.62. The second-order valence-electron chi connectivity index (χ2n) is 5.58. The molecule has 0 N–H and O–H groups in total. The Bertz CT molecular complexity index is 1030. The maximum absolute atomic E-state index is 12.5. The molecule has 0 radical (unpaired) electrons. The summed E-state index contributed by atoms with van der Waals surface area (Å²) in [5.41, 5.74) is 1.08. The molecule has 9 heteroatoms. The fourth-order valence-electron chi connectivity index (χ4n) is 2.46. The summed E-state index contributed by atoms with van der Waals surface area (Å²) in [5, 5.41) is 12.0. The van der Waals surface area contributed by atoms with Crippen molar-refractivity contribution in [2.75, 3.05) is 18.6 Å². The molecule has 7 nitrogen and oxygen atoms in total. The summed E-state index contributed by atoms with van der Waals surface area (Å²) in [7, 11) is 1.58. The molecular weight excluding hydrogens is 485 g/mol. The molecule has 0 atom stereocenters. The van der Waals surface area contributed by atoms with E-state index in [4.69, 9.17) is 16.3 Å². The molecule has 0 aliphatic heterocycles. The lowest BCUT2D eigenvalue weighted by Gasteiger charge is -2.18. The zero-order chi connectivity index (χ0) is 19.6. The molecule has 1 aromatic heterocycles. The minimum absolute atomic E-state index is 0.0379. The minimum atomic E-state index is -0.491. The lowest BCUT2D eigenvalue weighted by molar-refractivity contribution is -0.384. The van der Waals surface area contributed by atoms with Crippen molar-refractivity contribution >= 4 is 62.4 Å². The number of non-ortho nitro benzene ring substituents is 1. The predicted molar refractivity (Wildman–Crippen MR) is 111 cm³/mol. The summed E-state index contributed by atoms with van der Waals surface area (Å²) in [6.45, 7) is -0.212. The van der Waals surface area contributed by atoms with Gasteiger partial charge in [-0.25, -0.2) is 0 Å². The van der Waals surface area contributed by atoms with Crippen LogP contribution in [0.2, 0.25) is 5.02 Å². The molecule has 0 spiro atoms. The van der Waals surface area contributed by atoms with Gasteiger partial charge in [-0.3, -0.25) is 19.9 Å². The molecular formula is C18H13ClIN3O4. The normalized spacial score (nSPS) is 10.6. The SMILES string of the molecule is CN(C(=O)COc1c(I)cc(Cl)c2cccnc12)c1ccc([N+](=O)[O-])cc1. The summed E-state index contributed by atoms with van der Waals surface area (Å²) in [6, 6.07) is 11.1. The number of pyridine rings is 1. The molecule has 0 saturated heterocycles. The van der Waals surface area contributed by atoms with Gasteiger partial charge in [0.2, 0.25) is 0 Å². The minimum Gasteiger partial charge on any atom is -0.480 e. The largest absolute Gasteiger partial charge is 0.480 e. The van der Waals surface area contributed by atoms with Gasteiger partial charge in [-0.2, -0.15) is 0 Å². The van der Waals surface area contributed by atoms with Gasteiger partial charge in [0.1, 0.15) is 5.52 Å². The van der Waals surface area contributed by atoms with Crippen molar-refractivity contribution in [2.45, 2.75) is 0 Å². The van der Waals surface area contributed by atoms with Crippen molar-refractivity contribution in [2.24, 2.45) is 0 Å². The Kier molecular flexibility index (Phi) is 5.76. The van der Waals surface area contributed by atoms with Crippen LogP contribution in [-0.4, -0.2) is 29.5 Å². The third-order valence-electron chi connectivity index (χ3n) is 3.91. The number of nitrogens with zero attached hydrogens (tertiary/aromatic N) is 3. The van der Waals surface area contributed by atoms with Crippen LogP contribution in [0.5, 0.6) is 5.75 Å². The van der Waals surface area contributed by atoms with Crippen LogP contribution in [0.4, 0.5) is 11.4 Å². The average molecular weight is 498 g/mol. The number of aromatic nitrogens is 1. The van der Waals surface area contributed by atoms with Crippen molar-refractivity contribution in [3.8, 4) is 5.75 Å². The maximum atomic E-state index is 12.5. The predicted octanol–water partition coefficient (Wildman–Crippen LogP) is 4.44. The number of ether oxygens (including phenoxy) is 1. The number of benzene rings is 2. The number of likely N-dealkylation sites (N-methyl/N-ethyl adjacent to an activating group) is 1. The number of hydrogen-bond acceptors (Lipinski definition) is 5. The Morgan fingerprint density at radius 2 is 2.04 bits per heavy atom. The van der Waals surface area contributed by atoms with Crippen LogP contribution in [0, 0.1) is 13.7 Å². The highest BCUT2D eigenvalue weighted by Crippen LogP contribution is 2.34. The Morgan fingerprint density at radius 3 is 2.70 bits per heavy atom. The van der Waals surface area contributed by atoms with E-state index >= 15 is 0 Å². The van der Waals surface area contributed by atoms with Crippen molar-refractivity contribution in [1.82, 2.24) is 4.98 Å². The lowest BCUT2D eigenvalue weighted by Crippen LogP contribution is -2.31. The van der Waals surface area contributed by atoms with Crippen LogP contribution in [0.15, 0.2) is 48.7 Å². The molecule has 0 saturated carbocycles. The smallest absolute Gasteiger partial charge is 0.269 e. The number of anilines is 1. The molecule has 1 amide bonds. The summed E-state index contributed by atoms with van der Waals surface area (Å²) in [4.78, 5) is 28.4. The zero-order valence-electron chi connectivity index (χ0n) is 14.1. The lowest BCUT2D eigenvalue weighted by atomic mass is 10.2. The van der Waals surface area contributed by atoms with Gasteiger partial charge in [0.15, 0.2) is 12.4 Å². The first-order chi connectivity index (χ1) is 12.9. The number of nitro groups is 1.